The molecular weight excluding hydrogens is 312 g/mol. The van der Waals surface area contributed by atoms with Crippen molar-refractivity contribution in [2.75, 3.05) is 7.05 Å². The van der Waals surface area contributed by atoms with E-state index in [-0.39, 0.29) is 6.04 Å². The standard InChI is InChI=1S/C19H22N6/c1-15(16-9-5-3-6-10-16)23-19(20-2)21-13-18-24-22-14-25(18)17-11-7-4-8-12-17/h3-12,14-15H,13H2,1-2H3,(H2,20,21,23). The number of aliphatic imine (C=N–C) groups is 1. The zero-order valence-corrected chi connectivity index (χ0v) is 14.4. The third-order valence-corrected chi connectivity index (χ3v) is 3.94. The van der Waals surface area contributed by atoms with E-state index in [2.05, 4.69) is 44.9 Å². The van der Waals surface area contributed by atoms with Gasteiger partial charge in [-0.3, -0.25) is 9.56 Å². The zero-order valence-electron chi connectivity index (χ0n) is 14.4. The second-order valence-electron chi connectivity index (χ2n) is 5.66. The summed E-state index contributed by atoms with van der Waals surface area (Å²) < 4.78 is 1.96. The Balaban J connectivity index is 1.64. The Morgan fingerprint density at radius 1 is 1.08 bits per heavy atom. The summed E-state index contributed by atoms with van der Waals surface area (Å²) in [5, 5.41) is 14.9. The fourth-order valence-corrected chi connectivity index (χ4v) is 2.57. The molecule has 0 spiro atoms. The minimum absolute atomic E-state index is 0.152. The molecular formula is C19H22N6. The average molecular weight is 334 g/mol. The molecule has 0 radical (unpaired) electrons. The van der Waals surface area contributed by atoms with Gasteiger partial charge in [-0.25, -0.2) is 0 Å². The highest BCUT2D eigenvalue weighted by Gasteiger charge is 2.10. The minimum Gasteiger partial charge on any atom is -0.350 e. The van der Waals surface area contributed by atoms with E-state index in [1.54, 1.807) is 13.4 Å². The van der Waals surface area contributed by atoms with Gasteiger partial charge < -0.3 is 10.6 Å². The molecule has 6 heteroatoms. The second kappa shape index (κ2) is 8.10. The second-order valence-corrected chi connectivity index (χ2v) is 5.66. The summed E-state index contributed by atoms with van der Waals surface area (Å²) in [6.07, 6.45) is 1.72. The zero-order chi connectivity index (χ0) is 17.5. The number of nitrogens with zero attached hydrogens (tertiary/aromatic N) is 4. The van der Waals surface area contributed by atoms with Crippen LogP contribution in [0.25, 0.3) is 5.69 Å². The van der Waals surface area contributed by atoms with Gasteiger partial charge in [-0.1, -0.05) is 48.5 Å². The maximum atomic E-state index is 4.29. The number of hydrogen-bond acceptors (Lipinski definition) is 3. The molecule has 0 fully saturated rings. The molecule has 1 heterocycles. The van der Waals surface area contributed by atoms with Gasteiger partial charge >= 0.3 is 0 Å². The Kier molecular flexibility index (Phi) is 5.41. The molecule has 2 N–H and O–H groups in total. The van der Waals surface area contributed by atoms with E-state index in [9.17, 15) is 0 Å². The van der Waals surface area contributed by atoms with Gasteiger partial charge in [0.25, 0.3) is 0 Å². The van der Waals surface area contributed by atoms with Crippen LogP contribution in [0.3, 0.4) is 0 Å². The first-order valence-corrected chi connectivity index (χ1v) is 8.24. The van der Waals surface area contributed by atoms with E-state index >= 15 is 0 Å². The van der Waals surface area contributed by atoms with Crippen LogP contribution in [0.4, 0.5) is 0 Å². The molecule has 2 aromatic carbocycles. The summed E-state index contributed by atoms with van der Waals surface area (Å²) in [6, 6.07) is 20.5. The lowest BCUT2D eigenvalue weighted by atomic mass is 10.1. The fourth-order valence-electron chi connectivity index (χ4n) is 2.57. The summed E-state index contributed by atoms with van der Waals surface area (Å²) in [5.41, 5.74) is 2.24. The summed E-state index contributed by atoms with van der Waals surface area (Å²) in [7, 11) is 1.76. The average Bonchev–Trinajstić information content (AvgIpc) is 3.15. The first-order chi connectivity index (χ1) is 12.3. The lowest BCUT2D eigenvalue weighted by Crippen LogP contribution is -2.38. The van der Waals surface area contributed by atoms with Crippen molar-refractivity contribution in [1.29, 1.82) is 0 Å². The molecule has 0 amide bonds. The molecule has 1 atom stereocenters. The van der Waals surface area contributed by atoms with Crippen molar-refractivity contribution in [2.24, 2.45) is 4.99 Å². The van der Waals surface area contributed by atoms with E-state index < -0.39 is 0 Å². The van der Waals surface area contributed by atoms with E-state index in [1.165, 1.54) is 5.56 Å². The van der Waals surface area contributed by atoms with Crippen molar-refractivity contribution in [1.82, 2.24) is 25.4 Å². The molecule has 1 aromatic heterocycles. The van der Waals surface area contributed by atoms with Crippen LogP contribution in [0.2, 0.25) is 0 Å². The van der Waals surface area contributed by atoms with Crippen LogP contribution in [0, 0.1) is 0 Å². The molecule has 25 heavy (non-hydrogen) atoms. The van der Waals surface area contributed by atoms with E-state index in [0.717, 1.165) is 17.5 Å². The fraction of sp³-hybridized carbons (Fsp3) is 0.211. The van der Waals surface area contributed by atoms with Gasteiger partial charge in [0.1, 0.15) is 6.33 Å². The Morgan fingerprint density at radius 3 is 2.44 bits per heavy atom. The van der Waals surface area contributed by atoms with Gasteiger partial charge in [0.05, 0.1) is 12.6 Å². The third-order valence-electron chi connectivity index (χ3n) is 3.94. The van der Waals surface area contributed by atoms with Crippen molar-refractivity contribution in [3.63, 3.8) is 0 Å². The molecule has 0 saturated heterocycles. The smallest absolute Gasteiger partial charge is 0.191 e. The monoisotopic (exact) mass is 334 g/mol. The number of benzene rings is 2. The van der Waals surface area contributed by atoms with Gasteiger partial charge in [0, 0.05) is 12.7 Å². The largest absolute Gasteiger partial charge is 0.350 e. The molecule has 0 saturated carbocycles. The molecule has 1 unspecified atom stereocenters. The lowest BCUT2D eigenvalue weighted by Gasteiger charge is -2.18. The van der Waals surface area contributed by atoms with E-state index in [1.807, 2.05) is 53.1 Å². The summed E-state index contributed by atoms with van der Waals surface area (Å²) in [4.78, 5) is 4.29. The van der Waals surface area contributed by atoms with Crippen molar-refractivity contribution >= 4 is 5.96 Å². The van der Waals surface area contributed by atoms with Gasteiger partial charge in [-0.05, 0) is 24.6 Å². The van der Waals surface area contributed by atoms with Crippen LogP contribution < -0.4 is 10.6 Å². The van der Waals surface area contributed by atoms with Crippen LogP contribution in [-0.2, 0) is 6.54 Å². The van der Waals surface area contributed by atoms with E-state index in [4.69, 9.17) is 0 Å². The number of para-hydroxylation sites is 1. The van der Waals surface area contributed by atoms with Crippen LogP contribution in [0.1, 0.15) is 24.4 Å². The SMILES string of the molecule is CN=C(NCc1nncn1-c1ccccc1)NC(C)c1ccccc1. The normalized spacial score (nSPS) is 12.6. The lowest BCUT2D eigenvalue weighted by molar-refractivity contribution is 0.675. The van der Waals surface area contributed by atoms with Crippen LogP contribution in [-0.4, -0.2) is 27.8 Å². The highest BCUT2D eigenvalue weighted by Crippen LogP contribution is 2.11. The summed E-state index contributed by atoms with van der Waals surface area (Å²) >= 11 is 0. The Bertz CT molecular complexity index is 810. The van der Waals surface area contributed by atoms with E-state index in [0.29, 0.717) is 6.54 Å². The number of hydrogen-bond donors (Lipinski definition) is 2. The summed E-state index contributed by atoms with van der Waals surface area (Å²) in [6.45, 7) is 2.63. The van der Waals surface area contributed by atoms with Gasteiger partial charge in [0.2, 0.25) is 0 Å². The predicted molar refractivity (Wildman–Crippen MR) is 99.6 cm³/mol. The van der Waals surface area contributed by atoms with Crippen molar-refractivity contribution < 1.29 is 0 Å². The van der Waals surface area contributed by atoms with Gasteiger partial charge in [-0.2, -0.15) is 0 Å². The molecule has 3 aromatic rings. The molecule has 0 aliphatic rings. The highest BCUT2D eigenvalue weighted by atomic mass is 15.3. The number of nitrogens with one attached hydrogen (secondary N) is 2. The van der Waals surface area contributed by atoms with Crippen molar-refractivity contribution in [3.05, 3.63) is 78.4 Å². The molecule has 6 nitrogen and oxygen atoms in total. The van der Waals surface area contributed by atoms with Crippen molar-refractivity contribution in [2.45, 2.75) is 19.5 Å². The first kappa shape index (κ1) is 16.7. The van der Waals surface area contributed by atoms with Crippen LogP contribution >= 0.6 is 0 Å². The number of rotatable bonds is 5. The first-order valence-electron chi connectivity index (χ1n) is 8.24. The Morgan fingerprint density at radius 2 is 1.76 bits per heavy atom. The number of aromatic nitrogens is 3. The van der Waals surface area contributed by atoms with Gasteiger partial charge in [-0.15, -0.1) is 10.2 Å². The topological polar surface area (TPSA) is 67.1 Å². The predicted octanol–water partition coefficient (Wildman–Crippen LogP) is 2.69. The number of guanidine groups is 1. The van der Waals surface area contributed by atoms with Gasteiger partial charge in [0.15, 0.2) is 11.8 Å². The minimum atomic E-state index is 0.152. The summed E-state index contributed by atoms with van der Waals surface area (Å²) in [5.74, 6) is 1.54. The quantitative estimate of drug-likeness (QED) is 0.556. The molecule has 0 aliphatic carbocycles. The maximum absolute atomic E-state index is 4.29. The molecule has 0 aliphatic heterocycles. The van der Waals surface area contributed by atoms with Crippen LogP contribution in [0.5, 0.6) is 0 Å². The molecule has 128 valence electrons. The highest BCUT2D eigenvalue weighted by molar-refractivity contribution is 5.80. The van der Waals surface area contributed by atoms with Crippen LogP contribution in [0.15, 0.2) is 72.0 Å². The molecule has 0 bridgehead atoms. The molecule has 3 rings (SSSR count). The Hall–Kier alpha value is -3.15. The maximum Gasteiger partial charge on any atom is 0.191 e. The third kappa shape index (κ3) is 4.23. The Labute approximate surface area is 147 Å². The van der Waals surface area contributed by atoms with Crippen molar-refractivity contribution in [3.8, 4) is 5.69 Å².